The van der Waals surface area contributed by atoms with Gasteiger partial charge < -0.3 is 9.47 Å². The Morgan fingerprint density at radius 3 is 2.00 bits per heavy atom. The average molecular weight is 344 g/mol. The van der Waals surface area contributed by atoms with Crippen molar-refractivity contribution in [3.8, 4) is 11.8 Å². The van der Waals surface area contributed by atoms with E-state index in [1.54, 1.807) is 18.2 Å². The number of benzene rings is 1. The van der Waals surface area contributed by atoms with E-state index in [-0.39, 0.29) is 17.9 Å². The number of hydrogen-bond acceptors (Lipinski definition) is 9. The first-order chi connectivity index (χ1) is 11.0. The topological polar surface area (TPSA) is 98.2 Å². The molecule has 0 saturated carbocycles. The molecule has 126 valence electrons. The van der Waals surface area contributed by atoms with Crippen LogP contribution in [-0.4, -0.2) is 38.4 Å². The molecule has 0 aliphatic heterocycles. The zero-order valence-electron chi connectivity index (χ0n) is 13.1. The summed E-state index contributed by atoms with van der Waals surface area (Å²) in [5.74, 6) is 0.533. The van der Waals surface area contributed by atoms with Gasteiger partial charge in [0.15, 0.2) is 0 Å². The molecule has 1 heterocycles. The van der Waals surface area contributed by atoms with Gasteiger partial charge >= 0.3 is 7.60 Å². The molecule has 0 fully saturated rings. The summed E-state index contributed by atoms with van der Waals surface area (Å²) < 4.78 is 32.0. The van der Waals surface area contributed by atoms with Crippen LogP contribution in [-0.2, 0) is 29.9 Å². The number of ether oxygens (including phenoxy) is 2. The van der Waals surface area contributed by atoms with Gasteiger partial charge in [-0.3, -0.25) is 4.57 Å². The lowest BCUT2D eigenvalue weighted by Gasteiger charge is -2.14. The largest absolute Gasteiger partial charge is 0.477 e. The van der Waals surface area contributed by atoms with E-state index in [1.807, 2.05) is 0 Å². The molecule has 2 rings (SSSR count). The predicted octanol–water partition coefficient (Wildman–Crippen LogP) is 2.50. The summed E-state index contributed by atoms with van der Waals surface area (Å²) >= 11 is 0. The number of methoxy groups -OCH3 is 2. The van der Waals surface area contributed by atoms with Gasteiger partial charge in [0.2, 0.25) is 0 Å². The summed E-state index contributed by atoms with van der Waals surface area (Å²) in [6.45, 7) is 0. The first kappa shape index (κ1) is 17.6. The molecule has 9 nitrogen and oxygen atoms in total. The van der Waals surface area contributed by atoms with Gasteiger partial charge in [-0.2, -0.15) is 0 Å². The zero-order valence-corrected chi connectivity index (χ0v) is 14.0. The molecule has 0 aliphatic rings. The fraction of sp³-hybridized carbons (Fsp3) is 0.385. The molecule has 0 saturated heterocycles. The van der Waals surface area contributed by atoms with Crippen molar-refractivity contribution in [3.05, 3.63) is 23.8 Å². The van der Waals surface area contributed by atoms with Crippen LogP contribution in [0.1, 0.15) is 5.56 Å². The summed E-state index contributed by atoms with van der Waals surface area (Å²) in [6.07, 6.45) is -0.0688. The number of fused-ring (bicyclic) bond motifs is 1. The van der Waals surface area contributed by atoms with Crippen LogP contribution in [0.3, 0.4) is 0 Å². The molecule has 1 aromatic heterocycles. The normalized spacial score (nSPS) is 11.7. The lowest BCUT2D eigenvalue weighted by atomic mass is 10.2. The molecule has 0 aliphatic carbocycles. The second-order valence-corrected chi connectivity index (χ2v) is 6.15. The first-order valence-corrected chi connectivity index (χ1v) is 8.20. The highest BCUT2D eigenvalue weighted by atomic mass is 31.2. The highest BCUT2D eigenvalue weighted by Gasteiger charge is 2.28. The standard InChI is InChI=1S/C13H17N2O7P/c1-17-12-13(18-2)15-11-7-9(5-6-10(11)14-12)8-23(16,21-19-3)22-20-4/h5-7H,8H2,1-4H3. The monoisotopic (exact) mass is 344 g/mol. The maximum absolute atomic E-state index is 12.4. The summed E-state index contributed by atoms with van der Waals surface area (Å²) in [5, 5.41) is 0. The maximum Gasteiger partial charge on any atom is 0.388 e. The van der Waals surface area contributed by atoms with Gasteiger partial charge in [0.1, 0.15) is 0 Å². The van der Waals surface area contributed by atoms with Gasteiger partial charge in [-0.25, -0.2) is 19.7 Å². The second kappa shape index (κ2) is 7.67. The maximum atomic E-state index is 12.4. The Labute approximate surface area is 132 Å². The Bertz CT molecular complexity index is 715. The van der Waals surface area contributed by atoms with E-state index in [4.69, 9.17) is 18.8 Å². The van der Waals surface area contributed by atoms with Crippen molar-refractivity contribution in [2.45, 2.75) is 6.16 Å². The number of hydrogen-bond donors (Lipinski definition) is 0. The summed E-state index contributed by atoms with van der Waals surface area (Å²) in [7, 11) is 1.81. The summed E-state index contributed by atoms with van der Waals surface area (Å²) in [5.41, 5.74) is 1.78. The summed E-state index contributed by atoms with van der Waals surface area (Å²) in [4.78, 5) is 17.5. The molecular formula is C13H17N2O7P. The quantitative estimate of drug-likeness (QED) is 0.406. The number of rotatable bonds is 8. The summed E-state index contributed by atoms with van der Waals surface area (Å²) in [6, 6.07) is 5.12. The molecule has 0 bridgehead atoms. The van der Waals surface area contributed by atoms with Crippen molar-refractivity contribution in [3.63, 3.8) is 0 Å². The zero-order chi connectivity index (χ0) is 16.9. The Balaban J connectivity index is 2.37. The van der Waals surface area contributed by atoms with Crippen molar-refractivity contribution < 1.29 is 33.2 Å². The van der Waals surface area contributed by atoms with Crippen molar-refractivity contribution >= 4 is 18.6 Å². The van der Waals surface area contributed by atoms with Crippen LogP contribution in [0.25, 0.3) is 11.0 Å². The van der Waals surface area contributed by atoms with Gasteiger partial charge in [-0.15, -0.1) is 9.35 Å². The van der Waals surface area contributed by atoms with E-state index in [0.29, 0.717) is 16.6 Å². The highest BCUT2D eigenvalue weighted by molar-refractivity contribution is 7.52. The van der Waals surface area contributed by atoms with Crippen LogP contribution in [0.2, 0.25) is 0 Å². The third kappa shape index (κ3) is 4.15. The lowest BCUT2D eigenvalue weighted by Crippen LogP contribution is -2.00. The molecule has 0 atom stereocenters. The van der Waals surface area contributed by atoms with E-state index in [9.17, 15) is 4.57 Å². The molecular weight excluding hydrogens is 327 g/mol. The molecule has 0 spiro atoms. The molecule has 0 unspecified atom stereocenters. The Kier molecular flexibility index (Phi) is 5.86. The van der Waals surface area contributed by atoms with Gasteiger partial charge in [-0.1, -0.05) is 6.07 Å². The van der Waals surface area contributed by atoms with Gasteiger partial charge in [-0.05, 0) is 17.7 Å². The SMILES string of the molecule is COOP(=O)(Cc1ccc2nc(OC)c(OC)nc2c1)OOC. The average Bonchev–Trinajstić information content (AvgIpc) is 2.53. The van der Waals surface area contributed by atoms with Crippen LogP contribution in [0.15, 0.2) is 18.2 Å². The first-order valence-electron chi connectivity index (χ1n) is 6.47. The molecule has 0 amide bonds. The Morgan fingerprint density at radius 1 is 0.913 bits per heavy atom. The highest BCUT2D eigenvalue weighted by Crippen LogP contribution is 2.51. The third-order valence-corrected chi connectivity index (χ3v) is 4.31. The predicted molar refractivity (Wildman–Crippen MR) is 80.1 cm³/mol. The van der Waals surface area contributed by atoms with Crippen LogP contribution in [0.4, 0.5) is 0 Å². The van der Waals surface area contributed by atoms with Gasteiger partial charge in [0.05, 0.1) is 45.6 Å². The van der Waals surface area contributed by atoms with E-state index in [0.717, 1.165) is 0 Å². The molecule has 23 heavy (non-hydrogen) atoms. The van der Waals surface area contributed by atoms with Crippen LogP contribution in [0.5, 0.6) is 11.8 Å². The fourth-order valence-corrected chi connectivity index (χ4v) is 3.18. The lowest BCUT2D eigenvalue weighted by molar-refractivity contribution is -0.242. The van der Waals surface area contributed by atoms with E-state index < -0.39 is 7.60 Å². The molecule has 0 N–H and O–H groups in total. The van der Waals surface area contributed by atoms with Crippen LogP contribution < -0.4 is 9.47 Å². The number of aromatic nitrogens is 2. The van der Waals surface area contributed by atoms with Crippen molar-refractivity contribution in [2.75, 3.05) is 28.4 Å². The van der Waals surface area contributed by atoms with Crippen LogP contribution >= 0.6 is 7.60 Å². The molecule has 1 aromatic carbocycles. The second-order valence-electron chi connectivity index (χ2n) is 4.32. The van der Waals surface area contributed by atoms with Crippen molar-refractivity contribution in [1.29, 1.82) is 0 Å². The third-order valence-electron chi connectivity index (χ3n) is 2.81. The Hall–Kier alpha value is -1.77. The van der Waals surface area contributed by atoms with Crippen LogP contribution in [0, 0.1) is 0 Å². The molecule has 10 heteroatoms. The van der Waals surface area contributed by atoms with Crippen molar-refractivity contribution in [2.24, 2.45) is 0 Å². The fourth-order valence-electron chi connectivity index (χ4n) is 1.95. The number of nitrogens with zero attached hydrogens (tertiary/aromatic N) is 2. The van der Waals surface area contributed by atoms with Gasteiger partial charge in [0, 0.05) is 0 Å². The van der Waals surface area contributed by atoms with Gasteiger partial charge in [0.25, 0.3) is 11.8 Å². The smallest absolute Gasteiger partial charge is 0.388 e. The molecule has 2 aromatic rings. The van der Waals surface area contributed by atoms with E-state index >= 15 is 0 Å². The molecule has 0 radical (unpaired) electrons. The minimum atomic E-state index is -3.60. The van der Waals surface area contributed by atoms with E-state index in [2.05, 4.69) is 19.7 Å². The Morgan fingerprint density at radius 2 is 1.48 bits per heavy atom. The minimum Gasteiger partial charge on any atom is -0.477 e. The van der Waals surface area contributed by atoms with E-state index in [1.165, 1.54) is 28.4 Å². The minimum absolute atomic E-state index is 0.0688. The van der Waals surface area contributed by atoms with Crippen molar-refractivity contribution in [1.82, 2.24) is 9.97 Å².